The van der Waals surface area contributed by atoms with Crippen LogP contribution in [-0.2, 0) is 4.79 Å². The molecule has 2 aromatic carbocycles. The molecule has 3 aromatic rings. The third-order valence-corrected chi connectivity index (χ3v) is 4.35. The predicted molar refractivity (Wildman–Crippen MR) is 107 cm³/mol. The van der Waals surface area contributed by atoms with Gasteiger partial charge in [0.05, 0.1) is 24.8 Å². The highest BCUT2D eigenvalue weighted by molar-refractivity contribution is 5.77. The van der Waals surface area contributed by atoms with Crippen LogP contribution >= 0.6 is 0 Å². The van der Waals surface area contributed by atoms with Crippen molar-refractivity contribution in [3.05, 3.63) is 95.3 Å². The van der Waals surface area contributed by atoms with E-state index in [1.165, 1.54) is 0 Å². The monoisotopic (exact) mass is 360 g/mol. The van der Waals surface area contributed by atoms with Crippen LogP contribution in [0.2, 0.25) is 0 Å². The van der Waals surface area contributed by atoms with Crippen LogP contribution in [0, 0.1) is 13.8 Å². The van der Waals surface area contributed by atoms with Gasteiger partial charge in [-0.05, 0) is 48.7 Å². The van der Waals surface area contributed by atoms with Crippen molar-refractivity contribution in [2.24, 2.45) is 0 Å². The number of ether oxygens (including phenoxy) is 1. The van der Waals surface area contributed by atoms with Crippen molar-refractivity contribution >= 4 is 5.91 Å². The van der Waals surface area contributed by atoms with Crippen LogP contribution in [-0.4, -0.2) is 17.5 Å². The summed E-state index contributed by atoms with van der Waals surface area (Å²) in [6.07, 6.45) is 2.02. The second-order valence-electron chi connectivity index (χ2n) is 6.53. The average Bonchev–Trinajstić information content (AvgIpc) is 2.70. The number of carbonyl (C=O) groups excluding carboxylic acids is 1. The number of nitrogens with one attached hydrogen (secondary N) is 1. The number of hydrogen-bond acceptors (Lipinski definition) is 3. The van der Waals surface area contributed by atoms with E-state index in [-0.39, 0.29) is 18.4 Å². The Labute approximate surface area is 160 Å². The number of nitrogens with zero attached hydrogens (tertiary/aromatic N) is 1. The second-order valence-corrected chi connectivity index (χ2v) is 6.53. The van der Waals surface area contributed by atoms with E-state index in [4.69, 9.17) is 4.74 Å². The summed E-state index contributed by atoms with van der Waals surface area (Å²) in [5.41, 5.74) is 4.02. The molecule has 1 unspecified atom stereocenters. The zero-order valence-electron chi connectivity index (χ0n) is 15.7. The number of aryl methyl sites for hydroxylation is 2. The molecule has 0 aliphatic heterocycles. The Kier molecular flexibility index (Phi) is 6.21. The largest absolute Gasteiger partial charge is 0.493 e. The van der Waals surface area contributed by atoms with Gasteiger partial charge in [-0.25, -0.2) is 0 Å². The molecular formula is C23H24N2O2. The lowest BCUT2D eigenvalue weighted by atomic mass is 10.0. The number of aromatic nitrogens is 1. The summed E-state index contributed by atoms with van der Waals surface area (Å²) in [5, 5.41) is 3.08. The molecule has 0 radical (unpaired) electrons. The highest BCUT2D eigenvalue weighted by Gasteiger charge is 2.17. The van der Waals surface area contributed by atoms with Gasteiger partial charge in [0.1, 0.15) is 5.75 Å². The summed E-state index contributed by atoms with van der Waals surface area (Å²) in [4.78, 5) is 16.9. The van der Waals surface area contributed by atoms with Crippen molar-refractivity contribution in [1.82, 2.24) is 10.3 Å². The van der Waals surface area contributed by atoms with Crippen LogP contribution in [0.5, 0.6) is 5.75 Å². The van der Waals surface area contributed by atoms with E-state index in [2.05, 4.69) is 10.3 Å². The molecule has 1 atom stereocenters. The lowest BCUT2D eigenvalue weighted by Crippen LogP contribution is -2.30. The first-order valence-electron chi connectivity index (χ1n) is 9.09. The molecule has 4 heteroatoms. The van der Waals surface area contributed by atoms with Crippen LogP contribution in [0.4, 0.5) is 0 Å². The van der Waals surface area contributed by atoms with Crippen molar-refractivity contribution in [2.45, 2.75) is 26.3 Å². The van der Waals surface area contributed by atoms with E-state index in [0.717, 1.165) is 28.1 Å². The quantitative estimate of drug-likeness (QED) is 0.680. The maximum absolute atomic E-state index is 12.5. The molecule has 0 saturated heterocycles. The molecule has 0 fully saturated rings. The third kappa shape index (κ3) is 5.17. The highest BCUT2D eigenvalue weighted by Crippen LogP contribution is 2.21. The lowest BCUT2D eigenvalue weighted by molar-refractivity contribution is -0.122. The van der Waals surface area contributed by atoms with Crippen LogP contribution < -0.4 is 10.1 Å². The highest BCUT2D eigenvalue weighted by atomic mass is 16.5. The molecule has 3 rings (SSSR count). The summed E-state index contributed by atoms with van der Waals surface area (Å²) < 4.78 is 5.80. The van der Waals surface area contributed by atoms with E-state index >= 15 is 0 Å². The fourth-order valence-electron chi connectivity index (χ4n) is 2.87. The fourth-order valence-corrected chi connectivity index (χ4v) is 2.87. The van der Waals surface area contributed by atoms with Crippen LogP contribution in [0.25, 0.3) is 0 Å². The van der Waals surface area contributed by atoms with Gasteiger partial charge in [0.2, 0.25) is 5.91 Å². The average molecular weight is 360 g/mol. The molecule has 0 saturated carbocycles. The number of hydrogen-bond donors (Lipinski definition) is 1. The maximum Gasteiger partial charge on any atom is 0.224 e. The minimum Gasteiger partial charge on any atom is -0.493 e. The van der Waals surface area contributed by atoms with Crippen molar-refractivity contribution in [3.8, 4) is 5.75 Å². The Morgan fingerprint density at radius 2 is 1.81 bits per heavy atom. The molecule has 0 spiro atoms. The predicted octanol–water partition coefficient (Wildman–Crippen LogP) is 4.37. The zero-order valence-corrected chi connectivity index (χ0v) is 15.7. The van der Waals surface area contributed by atoms with Gasteiger partial charge in [0.15, 0.2) is 0 Å². The maximum atomic E-state index is 12.5. The Balaban J connectivity index is 1.64. The van der Waals surface area contributed by atoms with Crippen molar-refractivity contribution in [1.29, 1.82) is 0 Å². The topological polar surface area (TPSA) is 51.2 Å². The van der Waals surface area contributed by atoms with Crippen LogP contribution in [0.15, 0.2) is 72.9 Å². The van der Waals surface area contributed by atoms with Gasteiger partial charge in [-0.1, -0.05) is 48.5 Å². The molecule has 1 N–H and O–H groups in total. The third-order valence-electron chi connectivity index (χ3n) is 4.35. The second kappa shape index (κ2) is 8.99. The number of rotatable bonds is 7. The normalized spacial score (nSPS) is 11.6. The first-order valence-corrected chi connectivity index (χ1v) is 9.09. The van der Waals surface area contributed by atoms with Crippen molar-refractivity contribution in [2.75, 3.05) is 6.61 Å². The van der Waals surface area contributed by atoms with Gasteiger partial charge in [-0.3, -0.25) is 9.78 Å². The molecule has 0 aliphatic carbocycles. The minimum atomic E-state index is -0.277. The minimum absolute atomic E-state index is 0.0696. The first kappa shape index (κ1) is 18.6. The van der Waals surface area contributed by atoms with Crippen LogP contribution in [0.1, 0.15) is 34.8 Å². The molecule has 4 nitrogen and oxygen atoms in total. The van der Waals surface area contributed by atoms with Gasteiger partial charge in [0.25, 0.3) is 0 Å². The fraction of sp³-hybridized carbons (Fsp3) is 0.217. The Bertz CT molecular complexity index is 840. The Morgan fingerprint density at radius 3 is 2.56 bits per heavy atom. The van der Waals surface area contributed by atoms with Gasteiger partial charge in [0, 0.05) is 6.20 Å². The van der Waals surface area contributed by atoms with Crippen molar-refractivity contribution < 1.29 is 9.53 Å². The smallest absolute Gasteiger partial charge is 0.224 e. The molecule has 27 heavy (non-hydrogen) atoms. The molecule has 0 bridgehead atoms. The first-order chi connectivity index (χ1) is 13.1. The van der Waals surface area contributed by atoms with Gasteiger partial charge < -0.3 is 10.1 Å². The van der Waals surface area contributed by atoms with E-state index in [1.54, 1.807) is 6.20 Å². The Hall–Kier alpha value is -3.14. The number of benzene rings is 2. The molecule has 138 valence electrons. The summed E-state index contributed by atoms with van der Waals surface area (Å²) in [6.45, 7) is 4.36. The van der Waals surface area contributed by atoms with Gasteiger partial charge in [-0.15, -0.1) is 0 Å². The van der Waals surface area contributed by atoms with Gasteiger partial charge in [-0.2, -0.15) is 0 Å². The lowest BCUT2D eigenvalue weighted by Gasteiger charge is -2.19. The molecule has 1 aromatic heterocycles. The van der Waals surface area contributed by atoms with Crippen LogP contribution in [0.3, 0.4) is 0 Å². The summed E-state index contributed by atoms with van der Waals surface area (Å²) in [7, 11) is 0. The molecular weight excluding hydrogens is 336 g/mol. The van der Waals surface area contributed by atoms with E-state index < -0.39 is 0 Å². The zero-order chi connectivity index (χ0) is 19.1. The van der Waals surface area contributed by atoms with Gasteiger partial charge >= 0.3 is 0 Å². The molecule has 1 amide bonds. The van der Waals surface area contributed by atoms with E-state index in [0.29, 0.717) is 6.61 Å². The van der Waals surface area contributed by atoms with Crippen molar-refractivity contribution in [3.63, 3.8) is 0 Å². The molecule has 0 aliphatic rings. The van der Waals surface area contributed by atoms with E-state index in [1.807, 2.05) is 80.6 Å². The van der Waals surface area contributed by atoms with E-state index in [9.17, 15) is 4.79 Å². The Morgan fingerprint density at radius 1 is 1.04 bits per heavy atom. The SMILES string of the molecule is Cc1ccc(C)c(OCCC(=O)NC(c2ccccc2)c2ccccn2)c1. The number of pyridine rings is 1. The molecule has 1 heterocycles. The summed E-state index contributed by atoms with van der Waals surface area (Å²) in [5.74, 6) is 0.756. The number of amides is 1. The summed E-state index contributed by atoms with van der Waals surface area (Å²) in [6, 6.07) is 21.4. The standard InChI is InChI=1S/C23H24N2O2/c1-17-11-12-18(2)21(16-17)27-15-13-22(26)25-23(19-8-4-3-5-9-19)20-10-6-7-14-24-20/h3-12,14,16,23H,13,15H2,1-2H3,(H,25,26). The summed E-state index contributed by atoms with van der Waals surface area (Å²) >= 11 is 0. The number of carbonyl (C=O) groups is 1.